The zero-order chi connectivity index (χ0) is 13.7. The van der Waals surface area contributed by atoms with Crippen molar-refractivity contribution in [1.82, 2.24) is 16.0 Å². The maximum absolute atomic E-state index is 12.0. The minimum atomic E-state index is -0.617. The van der Waals surface area contributed by atoms with Crippen LogP contribution in [-0.2, 0) is 4.79 Å². The number of amides is 3. The number of nitrogens with one attached hydrogen (secondary N) is 3. The number of urea groups is 1. The largest absolute Gasteiger partial charge is 0.352 e. The summed E-state index contributed by atoms with van der Waals surface area (Å²) < 4.78 is 0. The molecule has 0 aromatic carbocycles. The predicted molar refractivity (Wildman–Crippen MR) is 73.8 cm³/mol. The molecule has 0 radical (unpaired) electrons. The number of carbonyl (C=O) groups excluding carboxylic acids is 2. The highest BCUT2D eigenvalue weighted by Gasteiger charge is 2.21. The van der Waals surface area contributed by atoms with E-state index in [9.17, 15) is 9.59 Å². The second-order valence-electron chi connectivity index (χ2n) is 4.54. The molecule has 1 aromatic rings. The van der Waals surface area contributed by atoms with Gasteiger partial charge in [0.15, 0.2) is 0 Å². The lowest BCUT2D eigenvalue weighted by Crippen LogP contribution is -2.40. The van der Waals surface area contributed by atoms with Gasteiger partial charge in [-0.2, -0.15) is 0 Å². The van der Waals surface area contributed by atoms with Crippen LogP contribution in [0.3, 0.4) is 0 Å². The van der Waals surface area contributed by atoms with E-state index < -0.39 is 6.03 Å². The normalized spacial score (nSPS) is 19.9. The van der Waals surface area contributed by atoms with Crippen molar-refractivity contribution in [3.8, 4) is 0 Å². The van der Waals surface area contributed by atoms with Gasteiger partial charge in [-0.1, -0.05) is 6.07 Å². The molecule has 2 unspecified atom stereocenters. The lowest BCUT2D eigenvalue weighted by Gasteiger charge is -2.17. The van der Waals surface area contributed by atoms with Crippen LogP contribution in [0.15, 0.2) is 17.5 Å². The standard InChI is InChI=1S/C12H18N4O2S/c13-12(18)16-9(10-2-1-5-19-10)6-11(17)15-8-3-4-14-7-8/h1-2,5,8-9,14H,3-4,6-7H2,(H,15,17)(H3,13,16,18). The van der Waals surface area contributed by atoms with Crippen molar-refractivity contribution in [3.05, 3.63) is 22.4 Å². The fraction of sp³-hybridized carbons (Fsp3) is 0.500. The monoisotopic (exact) mass is 282 g/mol. The molecule has 104 valence electrons. The summed E-state index contributed by atoms with van der Waals surface area (Å²) in [5, 5.41) is 10.7. The third-order valence-electron chi connectivity index (χ3n) is 3.02. The van der Waals surface area contributed by atoms with E-state index in [0.717, 1.165) is 24.4 Å². The fourth-order valence-electron chi connectivity index (χ4n) is 2.13. The highest BCUT2D eigenvalue weighted by molar-refractivity contribution is 7.10. The second kappa shape index (κ2) is 6.53. The molecule has 19 heavy (non-hydrogen) atoms. The van der Waals surface area contributed by atoms with Crippen molar-refractivity contribution in [2.75, 3.05) is 13.1 Å². The maximum atomic E-state index is 12.0. The summed E-state index contributed by atoms with van der Waals surface area (Å²) in [6, 6.07) is 2.98. The molecule has 1 aromatic heterocycles. The van der Waals surface area contributed by atoms with Gasteiger partial charge >= 0.3 is 6.03 Å². The molecule has 7 heteroatoms. The van der Waals surface area contributed by atoms with Gasteiger partial charge < -0.3 is 21.7 Å². The van der Waals surface area contributed by atoms with Gasteiger partial charge in [0.05, 0.1) is 12.5 Å². The van der Waals surface area contributed by atoms with Crippen LogP contribution in [0.4, 0.5) is 4.79 Å². The van der Waals surface area contributed by atoms with E-state index in [4.69, 9.17) is 5.73 Å². The minimum Gasteiger partial charge on any atom is -0.352 e. The molecule has 0 spiro atoms. The van der Waals surface area contributed by atoms with E-state index in [2.05, 4.69) is 16.0 Å². The number of thiophene rings is 1. The van der Waals surface area contributed by atoms with Crippen LogP contribution in [0.25, 0.3) is 0 Å². The molecule has 1 saturated heterocycles. The Morgan fingerprint density at radius 1 is 1.58 bits per heavy atom. The topological polar surface area (TPSA) is 96.2 Å². The summed E-state index contributed by atoms with van der Waals surface area (Å²) in [6.07, 6.45) is 1.15. The molecule has 2 rings (SSSR count). The third kappa shape index (κ3) is 4.22. The lowest BCUT2D eigenvalue weighted by molar-refractivity contribution is -0.122. The third-order valence-corrected chi connectivity index (χ3v) is 4.00. The van der Waals surface area contributed by atoms with Gasteiger partial charge in [0.2, 0.25) is 5.91 Å². The summed E-state index contributed by atoms with van der Waals surface area (Å²) in [5.74, 6) is -0.0687. The molecule has 1 aliphatic rings. The Morgan fingerprint density at radius 2 is 2.42 bits per heavy atom. The van der Waals surface area contributed by atoms with Gasteiger partial charge in [0.1, 0.15) is 0 Å². The molecule has 2 atom stereocenters. The molecule has 3 amide bonds. The van der Waals surface area contributed by atoms with E-state index in [1.165, 1.54) is 11.3 Å². The maximum Gasteiger partial charge on any atom is 0.312 e. The average molecular weight is 282 g/mol. The number of rotatable bonds is 5. The summed E-state index contributed by atoms with van der Waals surface area (Å²) >= 11 is 1.50. The van der Waals surface area contributed by atoms with Gasteiger partial charge in [-0.3, -0.25) is 4.79 Å². The van der Waals surface area contributed by atoms with Crippen molar-refractivity contribution < 1.29 is 9.59 Å². The first-order valence-electron chi connectivity index (χ1n) is 6.24. The van der Waals surface area contributed by atoms with Gasteiger partial charge in [-0.05, 0) is 24.4 Å². The molecule has 1 fully saturated rings. The van der Waals surface area contributed by atoms with Crippen LogP contribution in [0.5, 0.6) is 0 Å². The SMILES string of the molecule is NC(=O)NC(CC(=O)NC1CCNC1)c1cccs1. The Balaban J connectivity index is 1.91. The molecule has 0 bridgehead atoms. The molecular weight excluding hydrogens is 264 g/mol. The summed E-state index contributed by atoms with van der Waals surface area (Å²) in [7, 11) is 0. The Bertz CT molecular complexity index is 429. The fourth-order valence-corrected chi connectivity index (χ4v) is 2.91. The molecule has 0 aliphatic carbocycles. The van der Waals surface area contributed by atoms with Crippen molar-refractivity contribution >= 4 is 23.3 Å². The number of hydrogen-bond donors (Lipinski definition) is 4. The van der Waals surface area contributed by atoms with Crippen LogP contribution < -0.4 is 21.7 Å². The highest BCUT2D eigenvalue weighted by Crippen LogP contribution is 2.21. The Labute approximate surface area is 115 Å². The summed E-state index contributed by atoms with van der Waals surface area (Å²) in [6.45, 7) is 1.73. The van der Waals surface area contributed by atoms with Crippen molar-refractivity contribution in [3.63, 3.8) is 0 Å². The zero-order valence-electron chi connectivity index (χ0n) is 10.5. The minimum absolute atomic E-state index is 0.0687. The van der Waals surface area contributed by atoms with Crippen LogP contribution in [0.1, 0.15) is 23.8 Å². The van der Waals surface area contributed by atoms with Gasteiger partial charge in [0.25, 0.3) is 0 Å². The average Bonchev–Trinajstić information content (AvgIpc) is 2.99. The zero-order valence-corrected chi connectivity index (χ0v) is 11.3. The van der Waals surface area contributed by atoms with E-state index in [1.54, 1.807) is 0 Å². The number of carbonyl (C=O) groups is 2. The number of primary amides is 1. The Hall–Kier alpha value is -1.60. The molecule has 6 nitrogen and oxygen atoms in total. The second-order valence-corrected chi connectivity index (χ2v) is 5.52. The van der Waals surface area contributed by atoms with E-state index in [1.807, 2.05) is 17.5 Å². The van der Waals surface area contributed by atoms with Crippen molar-refractivity contribution in [2.45, 2.75) is 24.9 Å². The van der Waals surface area contributed by atoms with Gasteiger partial charge in [0, 0.05) is 17.5 Å². The summed E-state index contributed by atoms with van der Waals surface area (Å²) in [4.78, 5) is 23.9. The summed E-state index contributed by atoms with van der Waals surface area (Å²) in [5.41, 5.74) is 5.15. The highest BCUT2D eigenvalue weighted by atomic mass is 32.1. The van der Waals surface area contributed by atoms with Gasteiger partial charge in [-0.25, -0.2) is 4.79 Å². The lowest BCUT2D eigenvalue weighted by atomic mass is 10.1. The molecule has 0 saturated carbocycles. The van der Waals surface area contributed by atoms with E-state index in [0.29, 0.717) is 0 Å². The van der Waals surface area contributed by atoms with Crippen LogP contribution in [0.2, 0.25) is 0 Å². The molecule has 5 N–H and O–H groups in total. The molecular formula is C12H18N4O2S. The Morgan fingerprint density at radius 3 is 3.00 bits per heavy atom. The van der Waals surface area contributed by atoms with Crippen LogP contribution in [0, 0.1) is 0 Å². The van der Waals surface area contributed by atoms with Gasteiger partial charge in [-0.15, -0.1) is 11.3 Å². The first-order valence-corrected chi connectivity index (χ1v) is 7.12. The number of hydrogen-bond acceptors (Lipinski definition) is 4. The molecule has 1 aliphatic heterocycles. The first-order chi connectivity index (χ1) is 9.15. The van der Waals surface area contributed by atoms with E-state index in [-0.39, 0.29) is 24.4 Å². The molecule has 2 heterocycles. The quantitative estimate of drug-likeness (QED) is 0.626. The van der Waals surface area contributed by atoms with Crippen LogP contribution in [-0.4, -0.2) is 31.1 Å². The first kappa shape index (κ1) is 13.8. The predicted octanol–water partition coefficient (Wildman–Crippen LogP) is 0.326. The van der Waals surface area contributed by atoms with Crippen molar-refractivity contribution in [1.29, 1.82) is 0 Å². The van der Waals surface area contributed by atoms with Crippen LogP contribution >= 0.6 is 11.3 Å². The van der Waals surface area contributed by atoms with E-state index >= 15 is 0 Å². The number of nitrogens with two attached hydrogens (primary N) is 1. The smallest absolute Gasteiger partial charge is 0.312 e. The van der Waals surface area contributed by atoms with Crippen molar-refractivity contribution in [2.24, 2.45) is 5.73 Å². The Kier molecular flexibility index (Phi) is 4.75.